The molecule has 2 aromatic rings. The molecular weight excluding hydrogens is 360 g/mol. The van der Waals surface area contributed by atoms with Gasteiger partial charge in [-0.2, -0.15) is 0 Å². The number of nitrogens with one attached hydrogen (secondary N) is 2. The first-order valence-corrected chi connectivity index (χ1v) is 9.84. The molecule has 4 atom stereocenters. The number of aromatic nitrogens is 4. The molecule has 0 aliphatic heterocycles. The first-order chi connectivity index (χ1) is 13.6. The zero-order valence-corrected chi connectivity index (χ0v) is 15.6. The molecular formula is C19H26N6O3. The maximum absolute atomic E-state index is 12.2. The lowest BCUT2D eigenvalue weighted by Gasteiger charge is -2.20. The highest BCUT2D eigenvalue weighted by molar-refractivity contribution is 5.74. The predicted octanol–water partition coefficient (Wildman–Crippen LogP) is 0.692. The monoisotopic (exact) mass is 386 g/mol. The summed E-state index contributed by atoms with van der Waals surface area (Å²) in [7, 11) is 0. The fourth-order valence-corrected chi connectivity index (χ4v) is 4.19. The van der Waals surface area contributed by atoms with Crippen molar-refractivity contribution in [1.82, 2.24) is 30.6 Å². The summed E-state index contributed by atoms with van der Waals surface area (Å²) in [6, 6.07) is 3.18. The largest absolute Gasteiger partial charge is 0.390 e. The topological polar surface area (TPSA) is 125 Å². The third-order valence-electron chi connectivity index (χ3n) is 5.73. The number of amides is 2. The zero-order chi connectivity index (χ0) is 19.5. The van der Waals surface area contributed by atoms with Crippen LogP contribution in [0.25, 0.3) is 11.3 Å². The van der Waals surface area contributed by atoms with Gasteiger partial charge in [-0.25, -0.2) is 4.79 Å². The SMILES string of the molecule is O=C(NC1CCCC1)NC1CC(Cn2cc(-c3cccnc3)nn2)C(O)C1O. The molecule has 0 aromatic carbocycles. The zero-order valence-electron chi connectivity index (χ0n) is 15.6. The van der Waals surface area contributed by atoms with Crippen LogP contribution in [0.3, 0.4) is 0 Å². The molecule has 4 rings (SSSR count). The van der Waals surface area contributed by atoms with Crippen LogP contribution in [0.15, 0.2) is 30.7 Å². The van der Waals surface area contributed by atoms with E-state index in [4.69, 9.17) is 0 Å². The summed E-state index contributed by atoms with van der Waals surface area (Å²) in [6.07, 6.45) is 8.02. The lowest BCUT2D eigenvalue weighted by molar-refractivity contribution is 0.00857. The number of hydrogen-bond acceptors (Lipinski definition) is 6. The van der Waals surface area contributed by atoms with Gasteiger partial charge >= 0.3 is 6.03 Å². The van der Waals surface area contributed by atoms with E-state index >= 15 is 0 Å². The molecule has 0 bridgehead atoms. The molecule has 2 heterocycles. The van der Waals surface area contributed by atoms with Gasteiger partial charge in [-0.3, -0.25) is 9.67 Å². The van der Waals surface area contributed by atoms with Crippen molar-refractivity contribution in [3.8, 4) is 11.3 Å². The summed E-state index contributed by atoms with van der Waals surface area (Å²) in [5.74, 6) is -0.227. The Bertz CT molecular complexity index is 792. The number of hydrogen-bond donors (Lipinski definition) is 4. The maximum atomic E-state index is 12.2. The molecule has 2 amide bonds. The van der Waals surface area contributed by atoms with Gasteiger partial charge in [-0.05, 0) is 31.4 Å². The predicted molar refractivity (Wildman–Crippen MR) is 101 cm³/mol. The van der Waals surface area contributed by atoms with Gasteiger partial charge in [0.25, 0.3) is 0 Å². The second kappa shape index (κ2) is 8.24. The highest BCUT2D eigenvalue weighted by Gasteiger charge is 2.42. The molecule has 0 saturated heterocycles. The van der Waals surface area contributed by atoms with E-state index < -0.39 is 18.2 Å². The lowest BCUT2D eigenvalue weighted by atomic mass is 10.1. The van der Waals surface area contributed by atoms with Crippen LogP contribution in [0.1, 0.15) is 32.1 Å². The molecule has 2 aliphatic carbocycles. The van der Waals surface area contributed by atoms with Gasteiger partial charge in [-0.1, -0.05) is 18.1 Å². The summed E-state index contributed by atoms with van der Waals surface area (Å²) in [6.45, 7) is 0.411. The fourth-order valence-electron chi connectivity index (χ4n) is 4.19. The number of carbonyl (C=O) groups excluding carboxylic acids is 1. The summed E-state index contributed by atoms with van der Waals surface area (Å²) in [5, 5.41) is 34.8. The van der Waals surface area contributed by atoms with Crippen molar-refractivity contribution in [3.63, 3.8) is 0 Å². The number of carbonyl (C=O) groups is 1. The molecule has 2 fully saturated rings. The van der Waals surface area contributed by atoms with Gasteiger partial charge in [0.05, 0.1) is 18.3 Å². The van der Waals surface area contributed by atoms with Crippen LogP contribution in [0, 0.1) is 5.92 Å². The quantitative estimate of drug-likeness (QED) is 0.599. The Balaban J connectivity index is 1.34. The van der Waals surface area contributed by atoms with Crippen molar-refractivity contribution in [3.05, 3.63) is 30.7 Å². The van der Waals surface area contributed by atoms with Crippen LogP contribution < -0.4 is 10.6 Å². The van der Waals surface area contributed by atoms with Crippen LogP contribution in [0.4, 0.5) is 4.79 Å². The number of urea groups is 1. The van der Waals surface area contributed by atoms with Crippen molar-refractivity contribution >= 4 is 6.03 Å². The minimum absolute atomic E-state index is 0.209. The average Bonchev–Trinajstić information content (AvgIpc) is 3.42. The minimum Gasteiger partial charge on any atom is -0.390 e. The molecule has 9 heteroatoms. The maximum Gasteiger partial charge on any atom is 0.315 e. The van der Waals surface area contributed by atoms with Gasteiger partial charge in [0.15, 0.2) is 0 Å². The molecule has 9 nitrogen and oxygen atoms in total. The third kappa shape index (κ3) is 4.15. The Morgan fingerprint density at radius 3 is 2.79 bits per heavy atom. The smallest absolute Gasteiger partial charge is 0.315 e. The van der Waals surface area contributed by atoms with Crippen molar-refractivity contribution < 1.29 is 15.0 Å². The number of aliphatic hydroxyl groups is 2. The normalized spacial score (nSPS) is 27.8. The molecule has 4 N–H and O–H groups in total. The van der Waals surface area contributed by atoms with Crippen molar-refractivity contribution in [2.45, 2.75) is 62.9 Å². The number of nitrogens with zero attached hydrogens (tertiary/aromatic N) is 4. The van der Waals surface area contributed by atoms with E-state index in [1.165, 1.54) is 0 Å². The Labute approximate surface area is 163 Å². The summed E-state index contributed by atoms with van der Waals surface area (Å²) >= 11 is 0. The number of pyridine rings is 1. The minimum atomic E-state index is -0.999. The molecule has 2 saturated carbocycles. The summed E-state index contributed by atoms with van der Waals surface area (Å²) < 4.78 is 1.66. The summed E-state index contributed by atoms with van der Waals surface area (Å²) in [5.41, 5.74) is 1.57. The third-order valence-corrected chi connectivity index (χ3v) is 5.73. The Hall–Kier alpha value is -2.52. The second-order valence-electron chi connectivity index (χ2n) is 7.75. The van der Waals surface area contributed by atoms with Gasteiger partial charge in [0.2, 0.25) is 0 Å². The van der Waals surface area contributed by atoms with Gasteiger partial charge in [-0.15, -0.1) is 5.10 Å². The van der Waals surface area contributed by atoms with E-state index in [1.807, 2.05) is 12.1 Å². The second-order valence-corrected chi connectivity index (χ2v) is 7.75. The Morgan fingerprint density at radius 2 is 2.04 bits per heavy atom. The number of rotatable bonds is 5. The van der Waals surface area contributed by atoms with E-state index in [1.54, 1.807) is 23.3 Å². The van der Waals surface area contributed by atoms with Crippen molar-refractivity contribution in [2.24, 2.45) is 5.92 Å². The molecule has 2 aromatic heterocycles. The molecule has 28 heavy (non-hydrogen) atoms. The molecule has 0 radical (unpaired) electrons. The Morgan fingerprint density at radius 1 is 1.21 bits per heavy atom. The standard InChI is InChI=1S/C19H26N6O3/c26-17-13(10-25-11-16(23-24-25)12-4-3-7-20-9-12)8-15(18(17)27)22-19(28)21-14-5-1-2-6-14/h3-4,7,9,11,13-15,17-18,26-27H,1-2,5-6,8,10H2,(H2,21,22,28). The fraction of sp³-hybridized carbons (Fsp3) is 0.579. The van der Waals surface area contributed by atoms with E-state index in [9.17, 15) is 15.0 Å². The van der Waals surface area contributed by atoms with Gasteiger partial charge < -0.3 is 20.8 Å². The van der Waals surface area contributed by atoms with Crippen molar-refractivity contribution in [2.75, 3.05) is 0 Å². The van der Waals surface area contributed by atoms with Gasteiger partial charge in [0.1, 0.15) is 11.8 Å². The van der Waals surface area contributed by atoms with Crippen LogP contribution >= 0.6 is 0 Å². The van der Waals surface area contributed by atoms with Crippen LogP contribution in [-0.4, -0.2) is 60.5 Å². The van der Waals surface area contributed by atoms with E-state index in [0.29, 0.717) is 18.7 Å². The lowest BCUT2D eigenvalue weighted by Crippen LogP contribution is -2.49. The molecule has 2 aliphatic rings. The molecule has 4 unspecified atom stereocenters. The first kappa shape index (κ1) is 18.8. The molecule has 150 valence electrons. The van der Waals surface area contributed by atoms with E-state index in [2.05, 4.69) is 25.9 Å². The number of aliphatic hydroxyl groups excluding tert-OH is 2. The molecule has 0 spiro atoms. The van der Waals surface area contributed by atoms with Crippen molar-refractivity contribution in [1.29, 1.82) is 0 Å². The highest BCUT2D eigenvalue weighted by Crippen LogP contribution is 2.28. The van der Waals surface area contributed by atoms with Gasteiger partial charge in [0, 0.05) is 36.5 Å². The van der Waals surface area contributed by atoms with E-state index in [0.717, 1.165) is 31.2 Å². The average molecular weight is 386 g/mol. The highest BCUT2D eigenvalue weighted by atomic mass is 16.3. The summed E-state index contributed by atoms with van der Waals surface area (Å²) in [4.78, 5) is 16.3. The van der Waals surface area contributed by atoms with Crippen LogP contribution in [0.5, 0.6) is 0 Å². The van der Waals surface area contributed by atoms with Crippen LogP contribution in [-0.2, 0) is 6.54 Å². The van der Waals surface area contributed by atoms with Crippen LogP contribution in [0.2, 0.25) is 0 Å². The first-order valence-electron chi connectivity index (χ1n) is 9.84. The Kier molecular flexibility index (Phi) is 5.54. The van der Waals surface area contributed by atoms with E-state index in [-0.39, 0.29) is 18.0 Å².